The minimum Gasteiger partial charge on any atom is -0.369 e. The Morgan fingerprint density at radius 1 is 1.55 bits per heavy atom. The molecular formula is C11H18N5O5P. The van der Waals surface area contributed by atoms with Gasteiger partial charge in [-0.15, -0.1) is 0 Å². The molecule has 0 radical (unpaired) electrons. The molecule has 10 nitrogen and oxygen atoms in total. The van der Waals surface area contributed by atoms with E-state index in [-0.39, 0.29) is 24.5 Å². The van der Waals surface area contributed by atoms with E-state index in [2.05, 4.69) is 15.0 Å². The van der Waals surface area contributed by atoms with Crippen LogP contribution in [0.4, 0.5) is 5.95 Å². The minimum atomic E-state index is -4.24. The van der Waals surface area contributed by atoms with E-state index in [1.165, 1.54) is 6.33 Å². The van der Waals surface area contributed by atoms with Crippen molar-refractivity contribution < 1.29 is 19.1 Å². The van der Waals surface area contributed by atoms with Crippen molar-refractivity contribution in [3.63, 3.8) is 0 Å². The van der Waals surface area contributed by atoms with E-state index in [1.807, 2.05) is 0 Å². The summed E-state index contributed by atoms with van der Waals surface area (Å²) in [7, 11) is -4.24. The second-order valence-corrected chi connectivity index (χ2v) is 6.49. The van der Waals surface area contributed by atoms with Gasteiger partial charge in [-0.3, -0.25) is 14.3 Å². The van der Waals surface area contributed by atoms with Gasteiger partial charge < -0.3 is 24.8 Å². The van der Waals surface area contributed by atoms with E-state index in [0.717, 1.165) is 0 Å². The van der Waals surface area contributed by atoms with Crippen LogP contribution in [0.1, 0.15) is 19.8 Å². The molecule has 0 aliphatic rings. The number of aryl methyl sites for hydroxylation is 1. The fourth-order valence-corrected chi connectivity index (χ4v) is 2.82. The molecule has 0 aromatic carbocycles. The number of hydrogen-bond acceptors (Lipinski definition) is 6. The standard InChI is InChI=1S/C11H18N5O5P/c1-2-7(22(18,19)20)21-5-3-4-16-6-13-8-9(16)14-11(12)15-10(8)17/h6-7H,2-5H2,1H3,(H2,18,19,20)(H3,12,14,15,17). The van der Waals surface area contributed by atoms with Crippen molar-refractivity contribution in [2.45, 2.75) is 32.2 Å². The number of fused-ring (bicyclic) bond motifs is 1. The Morgan fingerprint density at radius 2 is 2.27 bits per heavy atom. The molecule has 122 valence electrons. The summed E-state index contributed by atoms with van der Waals surface area (Å²) in [5.74, 6) is -1.09. The monoisotopic (exact) mass is 331 g/mol. The van der Waals surface area contributed by atoms with E-state index in [1.54, 1.807) is 11.5 Å². The lowest BCUT2D eigenvalue weighted by Crippen LogP contribution is -2.15. The highest BCUT2D eigenvalue weighted by Gasteiger charge is 2.27. The first-order valence-electron chi connectivity index (χ1n) is 6.70. The highest BCUT2D eigenvalue weighted by Crippen LogP contribution is 2.43. The van der Waals surface area contributed by atoms with Crippen molar-refractivity contribution in [1.82, 2.24) is 19.5 Å². The Balaban J connectivity index is 1.98. The SMILES string of the molecule is CCC(OCCCn1cnc2c(=O)[nH]c(N)nc21)P(=O)(O)O. The molecule has 22 heavy (non-hydrogen) atoms. The van der Waals surface area contributed by atoms with Gasteiger partial charge in [0.1, 0.15) is 0 Å². The summed E-state index contributed by atoms with van der Waals surface area (Å²) < 4.78 is 18.0. The third kappa shape index (κ3) is 3.72. The number of ether oxygens (including phenoxy) is 1. The number of hydrogen-bond donors (Lipinski definition) is 4. The Hall–Kier alpha value is -1.74. The molecule has 0 saturated carbocycles. The average molecular weight is 331 g/mol. The average Bonchev–Trinajstić information content (AvgIpc) is 2.80. The number of H-pyrrole nitrogens is 1. The molecule has 0 aliphatic heterocycles. The highest BCUT2D eigenvalue weighted by atomic mass is 31.2. The second kappa shape index (κ2) is 6.57. The Kier molecular flexibility index (Phi) is 4.97. The molecule has 2 aromatic heterocycles. The van der Waals surface area contributed by atoms with Crippen molar-refractivity contribution in [2.75, 3.05) is 12.3 Å². The number of nitrogens with zero attached hydrogens (tertiary/aromatic N) is 3. The predicted molar refractivity (Wildman–Crippen MR) is 79.3 cm³/mol. The van der Waals surface area contributed by atoms with Gasteiger partial charge >= 0.3 is 7.60 Å². The molecule has 0 spiro atoms. The van der Waals surface area contributed by atoms with Crippen LogP contribution < -0.4 is 11.3 Å². The maximum atomic E-state index is 11.6. The number of nitrogens with two attached hydrogens (primary N) is 1. The highest BCUT2D eigenvalue weighted by molar-refractivity contribution is 7.52. The first-order chi connectivity index (χ1) is 10.3. The van der Waals surface area contributed by atoms with E-state index in [9.17, 15) is 9.36 Å². The van der Waals surface area contributed by atoms with Crippen LogP contribution in [0.5, 0.6) is 0 Å². The summed E-state index contributed by atoms with van der Waals surface area (Å²) in [4.78, 5) is 40.1. The zero-order valence-electron chi connectivity index (χ0n) is 12.0. The Morgan fingerprint density at radius 3 is 2.91 bits per heavy atom. The molecule has 0 aliphatic carbocycles. The number of imidazole rings is 1. The lowest BCUT2D eigenvalue weighted by molar-refractivity contribution is 0.0796. The molecule has 0 bridgehead atoms. The topological polar surface area (TPSA) is 156 Å². The van der Waals surface area contributed by atoms with Gasteiger partial charge in [-0.2, -0.15) is 4.98 Å². The lowest BCUT2D eigenvalue weighted by Gasteiger charge is -2.17. The quantitative estimate of drug-likeness (QED) is 0.408. The van der Waals surface area contributed by atoms with E-state index < -0.39 is 19.0 Å². The van der Waals surface area contributed by atoms with Crippen molar-refractivity contribution in [1.29, 1.82) is 0 Å². The van der Waals surface area contributed by atoms with Gasteiger partial charge in [0.05, 0.1) is 6.33 Å². The van der Waals surface area contributed by atoms with Crippen molar-refractivity contribution in [3.8, 4) is 0 Å². The van der Waals surface area contributed by atoms with Crippen molar-refractivity contribution in [3.05, 3.63) is 16.7 Å². The smallest absolute Gasteiger partial charge is 0.354 e. The zero-order chi connectivity index (χ0) is 16.3. The van der Waals surface area contributed by atoms with E-state index >= 15 is 0 Å². The molecule has 1 unspecified atom stereocenters. The molecule has 0 saturated heterocycles. The van der Waals surface area contributed by atoms with Crippen molar-refractivity contribution in [2.24, 2.45) is 0 Å². The van der Waals surface area contributed by atoms with Gasteiger partial charge in [-0.1, -0.05) is 6.92 Å². The summed E-state index contributed by atoms with van der Waals surface area (Å²) >= 11 is 0. The first-order valence-corrected chi connectivity index (χ1v) is 8.38. The van der Waals surface area contributed by atoms with E-state index in [4.69, 9.17) is 20.3 Å². The normalized spacial score (nSPS) is 13.6. The van der Waals surface area contributed by atoms with Gasteiger partial charge in [0.25, 0.3) is 5.56 Å². The fraction of sp³-hybridized carbons (Fsp3) is 0.545. The molecule has 0 amide bonds. The van der Waals surface area contributed by atoms with Gasteiger partial charge in [0.2, 0.25) is 5.95 Å². The van der Waals surface area contributed by atoms with Crippen LogP contribution in [0, 0.1) is 0 Å². The lowest BCUT2D eigenvalue weighted by atomic mass is 10.4. The van der Waals surface area contributed by atoms with Gasteiger partial charge in [0, 0.05) is 13.2 Å². The third-order valence-corrected chi connectivity index (χ3v) is 4.34. The number of anilines is 1. The van der Waals surface area contributed by atoms with Crippen molar-refractivity contribution >= 4 is 24.7 Å². The molecule has 11 heteroatoms. The Bertz CT molecular complexity index is 751. The van der Waals surface area contributed by atoms with Crippen LogP contribution >= 0.6 is 7.60 Å². The van der Waals surface area contributed by atoms with Gasteiger partial charge in [-0.05, 0) is 12.8 Å². The molecule has 0 fully saturated rings. The van der Waals surface area contributed by atoms with Crippen LogP contribution in [-0.4, -0.2) is 41.8 Å². The van der Waals surface area contributed by atoms with E-state index in [0.29, 0.717) is 18.6 Å². The summed E-state index contributed by atoms with van der Waals surface area (Å²) in [5.41, 5.74) is 5.64. The third-order valence-electron chi connectivity index (χ3n) is 3.07. The molecule has 5 N–H and O–H groups in total. The summed E-state index contributed by atoms with van der Waals surface area (Å²) in [6, 6.07) is 0. The van der Waals surface area contributed by atoms with Crippen LogP contribution in [-0.2, 0) is 15.8 Å². The molecule has 2 rings (SSSR count). The predicted octanol–water partition coefficient (Wildman–Crippen LogP) is 0.0223. The number of rotatable bonds is 7. The minimum absolute atomic E-state index is 0.00282. The number of aromatic nitrogens is 4. The molecular weight excluding hydrogens is 313 g/mol. The zero-order valence-corrected chi connectivity index (χ0v) is 12.9. The van der Waals surface area contributed by atoms with Gasteiger partial charge in [-0.25, -0.2) is 4.98 Å². The van der Waals surface area contributed by atoms with Crippen LogP contribution in [0.25, 0.3) is 11.2 Å². The van der Waals surface area contributed by atoms with Crippen LogP contribution in [0.3, 0.4) is 0 Å². The number of nitrogen functional groups attached to an aromatic ring is 1. The largest absolute Gasteiger partial charge is 0.369 e. The number of nitrogens with one attached hydrogen (secondary N) is 1. The summed E-state index contributed by atoms with van der Waals surface area (Å²) in [6.45, 7) is 2.25. The maximum Gasteiger partial charge on any atom is 0.354 e. The summed E-state index contributed by atoms with van der Waals surface area (Å²) in [6.07, 6.45) is 2.18. The second-order valence-electron chi connectivity index (χ2n) is 4.74. The Labute approximate surface area is 125 Å². The van der Waals surface area contributed by atoms with Gasteiger partial charge in [0.15, 0.2) is 17.0 Å². The molecule has 1 atom stereocenters. The number of aromatic amines is 1. The summed E-state index contributed by atoms with van der Waals surface area (Å²) in [5, 5.41) is 0. The fourth-order valence-electron chi connectivity index (χ4n) is 2.04. The molecule has 2 aromatic rings. The van der Waals surface area contributed by atoms with Crippen LogP contribution in [0.15, 0.2) is 11.1 Å². The first kappa shape index (κ1) is 16.6. The maximum absolute atomic E-state index is 11.6. The molecule has 2 heterocycles. The van der Waals surface area contributed by atoms with Crippen LogP contribution in [0.2, 0.25) is 0 Å².